The van der Waals surface area contributed by atoms with Gasteiger partial charge in [-0.25, -0.2) is 9.18 Å². The van der Waals surface area contributed by atoms with E-state index in [0.29, 0.717) is 29.7 Å². The highest BCUT2D eigenvalue weighted by Crippen LogP contribution is 2.39. The highest BCUT2D eigenvalue weighted by molar-refractivity contribution is 6.07. The Labute approximate surface area is 186 Å². The van der Waals surface area contributed by atoms with Crippen LogP contribution in [0.5, 0.6) is 5.75 Å². The number of carbonyl (C=O) groups is 2. The third-order valence-electron chi connectivity index (χ3n) is 6.68. The van der Waals surface area contributed by atoms with Crippen LogP contribution in [0.1, 0.15) is 67.9 Å². The Morgan fingerprint density at radius 1 is 1.03 bits per heavy atom. The Kier molecular flexibility index (Phi) is 5.59. The minimum Gasteiger partial charge on any atom is -0.460 e. The van der Waals surface area contributed by atoms with E-state index in [-0.39, 0.29) is 19.1 Å². The number of amides is 3. The summed E-state index contributed by atoms with van der Waals surface area (Å²) in [6.07, 6.45) is 5.79. The van der Waals surface area contributed by atoms with Gasteiger partial charge in [0.25, 0.3) is 5.91 Å². The summed E-state index contributed by atoms with van der Waals surface area (Å²) < 4.78 is 26.3. The summed E-state index contributed by atoms with van der Waals surface area (Å²) in [6, 6.07) is 11.8. The normalized spacial score (nSPS) is 22.7. The zero-order valence-electron chi connectivity index (χ0n) is 17.9. The molecule has 6 nitrogen and oxygen atoms in total. The van der Waals surface area contributed by atoms with Crippen molar-refractivity contribution >= 4 is 11.9 Å². The molecule has 168 valence electrons. The van der Waals surface area contributed by atoms with Gasteiger partial charge in [0, 0.05) is 16.7 Å². The predicted octanol–water partition coefficient (Wildman–Crippen LogP) is 4.97. The van der Waals surface area contributed by atoms with E-state index >= 15 is 0 Å². The Hall–Kier alpha value is -2.93. The molecule has 5 rings (SSSR count). The lowest BCUT2D eigenvalue weighted by Crippen LogP contribution is -2.47. The van der Waals surface area contributed by atoms with Crippen LogP contribution in [-0.2, 0) is 22.7 Å². The second kappa shape index (κ2) is 8.54. The number of rotatable bonds is 3. The highest BCUT2D eigenvalue weighted by Gasteiger charge is 2.50. The van der Waals surface area contributed by atoms with Crippen LogP contribution in [0.25, 0.3) is 0 Å². The summed E-state index contributed by atoms with van der Waals surface area (Å²) in [7, 11) is 0. The molecule has 3 amide bonds. The number of ether oxygens (including phenoxy) is 2. The fourth-order valence-corrected chi connectivity index (χ4v) is 5.01. The first-order valence-corrected chi connectivity index (χ1v) is 11.3. The molecule has 0 radical (unpaired) electrons. The van der Waals surface area contributed by atoms with E-state index in [1.165, 1.54) is 23.5 Å². The minimum atomic E-state index is -0.832. The quantitative estimate of drug-likeness (QED) is 0.687. The van der Waals surface area contributed by atoms with Gasteiger partial charge in [0.05, 0.1) is 13.2 Å². The smallest absolute Gasteiger partial charge is 0.325 e. The summed E-state index contributed by atoms with van der Waals surface area (Å²) in [5.74, 6) is -0.184. The number of carbonyl (C=O) groups excluding carboxylic acids is 2. The Bertz CT molecular complexity index is 1020. The van der Waals surface area contributed by atoms with E-state index in [0.717, 1.165) is 31.2 Å². The van der Waals surface area contributed by atoms with E-state index in [9.17, 15) is 14.0 Å². The number of hydrogen-bond acceptors (Lipinski definition) is 4. The molecule has 32 heavy (non-hydrogen) atoms. The molecule has 2 fully saturated rings. The molecule has 1 spiro atoms. The average molecular weight is 438 g/mol. The number of urea groups is 1. The van der Waals surface area contributed by atoms with Gasteiger partial charge in [0.15, 0.2) is 0 Å². The molecular weight excluding hydrogens is 411 g/mol. The topological polar surface area (TPSA) is 67.9 Å². The zero-order chi connectivity index (χ0) is 22.1. The molecule has 1 atom stereocenters. The van der Waals surface area contributed by atoms with Gasteiger partial charge in [-0.1, -0.05) is 62.4 Å². The summed E-state index contributed by atoms with van der Waals surface area (Å²) in [5, 5.41) is 2.96. The van der Waals surface area contributed by atoms with Crippen LogP contribution in [0.3, 0.4) is 0 Å². The molecule has 1 unspecified atom stereocenters. The third-order valence-corrected chi connectivity index (χ3v) is 6.68. The van der Waals surface area contributed by atoms with Crippen molar-refractivity contribution in [3.8, 4) is 5.75 Å². The fraction of sp³-hybridized carbons (Fsp3) is 0.440. The van der Waals surface area contributed by atoms with Crippen molar-refractivity contribution in [1.29, 1.82) is 0 Å². The van der Waals surface area contributed by atoms with Crippen LogP contribution in [-0.4, -0.2) is 22.4 Å². The van der Waals surface area contributed by atoms with E-state index in [2.05, 4.69) is 5.32 Å². The van der Waals surface area contributed by atoms with Gasteiger partial charge in [-0.05, 0) is 25.0 Å². The summed E-state index contributed by atoms with van der Waals surface area (Å²) >= 11 is 0. The molecule has 3 aliphatic rings. The maximum absolute atomic E-state index is 14.4. The van der Waals surface area contributed by atoms with Gasteiger partial charge in [-0.2, -0.15) is 0 Å². The first kappa shape index (κ1) is 20.9. The predicted molar refractivity (Wildman–Crippen MR) is 115 cm³/mol. The van der Waals surface area contributed by atoms with Crippen molar-refractivity contribution in [2.45, 2.75) is 69.9 Å². The van der Waals surface area contributed by atoms with Gasteiger partial charge in [-0.3, -0.25) is 9.69 Å². The van der Waals surface area contributed by atoms with E-state index in [1.54, 1.807) is 0 Å². The van der Waals surface area contributed by atoms with E-state index in [4.69, 9.17) is 9.47 Å². The minimum absolute atomic E-state index is 0.0337. The van der Waals surface area contributed by atoms with Crippen LogP contribution in [0.15, 0.2) is 42.5 Å². The Morgan fingerprint density at radius 2 is 1.75 bits per heavy atom. The number of nitrogens with zero attached hydrogens (tertiary/aromatic N) is 1. The van der Waals surface area contributed by atoms with Crippen molar-refractivity contribution in [1.82, 2.24) is 10.2 Å². The van der Waals surface area contributed by atoms with Crippen molar-refractivity contribution in [3.05, 3.63) is 65.0 Å². The lowest BCUT2D eigenvalue weighted by molar-refractivity contribution is -0.132. The highest BCUT2D eigenvalue weighted by atomic mass is 19.1. The number of imide groups is 1. The lowest BCUT2D eigenvalue weighted by Gasteiger charge is -2.30. The molecular formula is C25H27FN2O4. The fourth-order valence-electron chi connectivity index (χ4n) is 5.01. The third kappa shape index (κ3) is 3.86. The number of hydrogen-bond donors (Lipinski definition) is 1. The van der Waals surface area contributed by atoms with Gasteiger partial charge in [0.2, 0.25) is 6.29 Å². The Morgan fingerprint density at radius 3 is 2.50 bits per heavy atom. The second-order valence-electron chi connectivity index (χ2n) is 8.90. The maximum atomic E-state index is 14.4. The molecule has 2 aliphatic heterocycles. The van der Waals surface area contributed by atoms with Crippen molar-refractivity contribution in [2.75, 3.05) is 0 Å². The van der Waals surface area contributed by atoms with Gasteiger partial charge >= 0.3 is 6.03 Å². The number of nitrogens with one attached hydrogen (secondary N) is 1. The van der Waals surface area contributed by atoms with Crippen LogP contribution in [0, 0.1) is 5.82 Å². The average Bonchev–Trinajstić information content (AvgIpc) is 3.01. The monoisotopic (exact) mass is 438 g/mol. The number of halogens is 1. The van der Waals surface area contributed by atoms with Crippen molar-refractivity contribution in [2.24, 2.45) is 0 Å². The van der Waals surface area contributed by atoms with Crippen molar-refractivity contribution < 1.29 is 23.5 Å². The van der Waals surface area contributed by atoms with Crippen molar-refractivity contribution in [3.63, 3.8) is 0 Å². The standard InChI is InChI=1S/C25H27FN2O4/c26-20-13-18(21-19(14-20)16-31-22(32-21)17-9-5-4-6-10-17)15-28-23(29)25(27-24(28)30)11-7-2-1-3-8-12-25/h4-6,9-10,13-14,22H,1-3,7-8,11-12,15-16H2,(H,27,30). The van der Waals surface area contributed by atoms with Crippen LogP contribution >= 0.6 is 0 Å². The molecule has 2 aromatic carbocycles. The number of benzene rings is 2. The summed E-state index contributed by atoms with van der Waals surface area (Å²) in [5.41, 5.74) is 1.05. The molecule has 2 heterocycles. The molecule has 7 heteroatoms. The lowest BCUT2D eigenvalue weighted by atomic mass is 9.84. The second-order valence-corrected chi connectivity index (χ2v) is 8.90. The van der Waals surface area contributed by atoms with Crippen LogP contribution in [0.2, 0.25) is 0 Å². The molecule has 1 saturated heterocycles. The molecule has 1 aliphatic carbocycles. The maximum Gasteiger partial charge on any atom is 0.325 e. The molecule has 0 aromatic heterocycles. The van der Waals surface area contributed by atoms with Crippen LogP contribution in [0.4, 0.5) is 9.18 Å². The zero-order valence-corrected chi connectivity index (χ0v) is 17.9. The van der Waals surface area contributed by atoms with Gasteiger partial charge in [-0.15, -0.1) is 0 Å². The van der Waals surface area contributed by atoms with Gasteiger partial charge < -0.3 is 14.8 Å². The first-order chi connectivity index (χ1) is 15.6. The van der Waals surface area contributed by atoms with Gasteiger partial charge in [0.1, 0.15) is 17.1 Å². The van der Waals surface area contributed by atoms with Crippen LogP contribution < -0.4 is 10.1 Å². The molecule has 1 N–H and O–H groups in total. The molecule has 0 bridgehead atoms. The summed E-state index contributed by atoms with van der Waals surface area (Å²) in [6.45, 7) is 0.151. The van der Waals surface area contributed by atoms with E-state index in [1.807, 2.05) is 30.3 Å². The summed E-state index contributed by atoms with van der Waals surface area (Å²) in [4.78, 5) is 27.4. The largest absolute Gasteiger partial charge is 0.460 e. The molecule has 1 saturated carbocycles. The Balaban J connectivity index is 1.42. The molecule has 2 aromatic rings. The number of fused-ring (bicyclic) bond motifs is 1. The SMILES string of the molecule is O=C1NC2(CCCCCCC2)C(=O)N1Cc1cc(F)cc2c1OC(c1ccccc1)OC2. The van der Waals surface area contributed by atoms with E-state index < -0.39 is 23.7 Å². The first-order valence-electron chi connectivity index (χ1n) is 11.3.